The Morgan fingerprint density at radius 1 is 1.26 bits per heavy atom. The van der Waals surface area contributed by atoms with Gasteiger partial charge in [0.15, 0.2) is 0 Å². The van der Waals surface area contributed by atoms with Gasteiger partial charge in [-0.3, -0.25) is 4.55 Å². The van der Waals surface area contributed by atoms with Crippen LogP contribution in [-0.4, -0.2) is 30.9 Å². The minimum absolute atomic E-state index is 0.0722. The third kappa shape index (κ3) is 7.93. The summed E-state index contributed by atoms with van der Waals surface area (Å²) in [5.74, 6) is 1.02. The maximum absolute atomic E-state index is 10.7. The largest absolute Gasteiger partial charge is 0.492 e. The molecule has 0 radical (unpaired) electrons. The van der Waals surface area contributed by atoms with Gasteiger partial charge in [0.1, 0.15) is 29.5 Å². The number of ether oxygens (including phenoxy) is 2. The lowest BCUT2D eigenvalue weighted by Gasteiger charge is -2.33. The third-order valence-electron chi connectivity index (χ3n) is 4.82. The number of unbranched alkanes of at least 4 members (excludes halogenated alkanes) is 5. The maximum Gasteiger partial charge on any atom is 0.268 e. The van der Waals surface area contributed by atoms with Crippen LogP contribution in [0.2, 0.25) is 0 Å². The molecule has 1 aliphatic rings. The topological polar surface area (TPSA) is 72.8 Å². The molecule has 0 saturated heterocycles. The van der Waals surface area contributed by atoms with Crippen molar-refractivity contribution in [3.63, 3.8) is 0 Å². The smallest absolute Gasteiger partial charge is 0.268 e. The molecular weight excluding hydrogens is 364 g/mol. The average Bonchev–Trinajstić information content (AvgIpc) is 2.60. The molecule has 0 bridgehead atoms. The fourth-order valence-electron chi connectivity index (χ4n) is 3.21. The molecule has 5 nitrogen and oxygen atoms in total. The summed E-state index contributed by atoms with van der Waals surface area (Å²) in [5, 5.41) is 0. The molecule has 152 valence electrons. The zero-order valence-electron chi connectivity index (χ0n) is 16.4. The Hall–Kier alpha value is -1.53. The summed E-state index contributed by atoms with van der Waals surface area (Å²) >= 11 is 0. The normalized spacial score (nSPS) is 19.7. The fraction of sp³-hybridized carbons (Fsp3) is 0.619. The average molecular weight is 397 g/mol. The van der Waals surface area contributed by atoms with E-state index in [1.165, 1.54) is 32.1 Å². The molecule has 1 aromatic carbocycles. The van der Waals surface area contributed by atoms with Gasteiger partial charge in [-0.25, -0.2) is 0 Å². The van der Waals surface area contributed by atoms with E-state index in [-0.39, 0.29) is 12.2 Å². The summed E-state index contributed by atoms with van der Waals surface area (Å²) in [4.78, 5) is 0. The molecule has 6 heteroatoms. The van der Waals surface area contributed by atoms with E-state index in [4.69, 9.17) is 14.0 Å². The second-order valence-corrected chi connectivity index (χ2v) is 9.00. The SMILES string of the molecule is CCCCCCC/C=C/C1(C)CCc2cc(OCCS(=O)(=O)O)ccc2O1. The van der Waals surface area contributed by atoms with Crippen LogP contribution < -0.4 is 9.47 Å². The van der Waals surface area contributed by atoms with E-state index in [1.807, 2.05) is 12.1 Å². The summed E-state index contributed by atoms with van der Waals surface area (Å²) in [6.45, 7) is 4.27. The van der Waals surface area contributed by atoms with Gasteiger partial charge in [0.05, 0.1) is 0 Å². The van der Waals surface area contributed by atoms with Crippen LogP contribution in [0.15, 0.2) is 30.4 Å². The van der Waals surface area contributed by atoms with Crippen molar-refractivity contribution in [1.29, 1.82) is 0 Å². The molecule has 1 atom stereocenters. The van der Waals surface area contributed by atoms with Gasteiger partial charge in [-0.2, -0.15) is 8.42 Å². The van der Waals surface area contributed by atoms with Gasteiger partial charge in [0.2, 0.25) is 0 Å². The second-order valence-electron chi connectivity index (χ2n) is 7.42. The van der Waals surface area contributed by atoms with Crippen molar-refractivity contribution in [2.45, 2.75) is 70.8 Å². The van der Waals surface area contributed by atoms with Crippen molar-refractivity contribution in [3.8, 4) is 11.5 Å². The number of aryl methyl sites for hydroxylation is 1. The monoisotopic (exact) mass is 396 g/mol. The van der Waals surface area contributed by atoms with Gasteiger partial charge in [-0.15, -0.1) is 0 Å². The van der Waals surface area contributed by atoms with E-state index in [0.717, 1.165) is 30.6 Å². The van der Waals surface area contributed by atoms with Crippen LogP contribution in [0.3, 0.4) is 0 Å². The molecule has 0 aromatic heterocycles. The minimum Gasteiger partial charge on any atom is -0.492 e. The first-order valence-corrected chi connectivity index (χ1v) is 11.5. The highest BCUT2D eigenvalue weighted by Crippen LogP contribution is 2.36. The Kier molecular flexibility index (Phi) is 8.17. The van der Waals surface area contributed by atoms with Crippen LogP contribution in [-0.2, 0) is 16.5 Å². The van der Waals surface area contributed by atoms with E-state index >= 15 is 0 Å². The maximum atomic E-state index is 10.7. The Morgan fingerprint density at radius 2 is 2.04 bits per heavy atom. The third-order valence-corrected chi connectivity index (χ3v) is 5.50. The first-order chi connectivity index (χ1) is 12.8. The Morgan fingerprint density at radius 3 is 2.78 bits per heavy atom. The second kappa shape index (κ2) is 10.1. The number of allylic oxidation sites excluding steroid dienone is 1. The quantitative estimate of drug-likeness (QED) is 0.325. The summed E-state index contributed by atoms with van der Waals surface area (Å²) in [6.07, 6.45) is 13.7. The molecule has 1 heterocycles. The molecule has 0 saturated carbocycles. The van der Waals surface area contributed by atoms with E-state index in [2.05, 4.69) is 26.0 Å². The van der Waals surface area contributed by atoms with Crippen molar-refractivity contribution in [3.05, 3.63) is 35.9 Å². The van der Waals surface area contributed by atoms with Crippen molar-refractivity contribution in [1.82, 2.24) is 0 Å². The number of rotatable bonds is 11. The first kappa shape index (κ1) is 21.8. The van der Waals surface area contributed by atoms with Crippen LogP contribution in [0, 0.1) is 0 Å². The Balaban J connectivity index is 1.84. The molecule has 0 amide bonds. The molecular formula is C21H32O5S. The van der Waals surface area contributed by atoms with Gasteiger partial charge >= 0.3 is 0 Å². The van der Waals surface area contributed by atoms with Crippen LogP contribution in [0.4, 0.5) is 0 Å². The Labute approximate surface area is 163 Å². The molecule has 27 heavy (non-hydrogen) atoms. The van der Waals surface area contributed by atoms with Gasteiger partial charge in [-0.05, 0) is 62.4 Å². The fourth-order valence-corrected chi connectivity index (χ4v) is 3.50. The molecule has 0 spiro atoms. The van der Waals surface area contributed by atoms with Crippen molar-refractivity contribution < 1.29 is 22.4 Å². The van der Waals surface area contributed by atoms with E-state index in [1.54, 1.807) is 6.07 Å². The molecule has 1 aromatic rings. The lowest BCUT2D eigenvalue weighted by molar-refractivity contribution is 0.114. The van der Waals surface area contributed by atoms with Crippen molar-refractivity contribution in [2.75, 3.05) is 12.4 Å². The van der Waals surface area contributed by atoms with E-state index in [9.17, 15) is 8.42 Å². The zero-order valence-corrected chi connectivity index (χ0v) is 17.3. The van der Waals surface area contributed by atoms with Crippen LogP contribution in [0.1, 0.15) is 64.4 Å². The molecule has 1 N–H and O–H groups in total. The van der Waals surface area contributed by atoms with Crippen LogP contribution >= 0.6 is 0 Å². The van der Waals surface area contributed by atoms with Gasteiger partial charge in [0, 0.05) is 0 Å². The predicted molar refractivity (Wildman–Crippen MR) is 108 cm³/mol. The standard InChI is InChI=1S/C21H32O5S/c1-3-4-5-6-7-8-9-13-21(2)14-12-18-17-19(10-11-20(18)26-21)25-15-16-27(22,23)24/h9-11,13,17H,3-8,12,14-16H2,1-2H3,(H,22,23,24)/b13-9+. The van der Waals surface area contributed by atoms with Gasteiger partial charge in [0.25, 0.3) is 10.1 Å². The van der Waals surface area contributed by atoms with Crippen LogP contribution in [0.25, 0.3) is 0 Å². The minimum atomic E-state index is -4.00. The zero-order chi connectivity index (χ0) is 19.8. The van der Waals surface area contributed by atoms with E-state index in [0.29, 0.717) is 5.75 Å². The lowest BCUT2D eigenvalue weighted by atomic mass is 9.91. The highest BCUT2D eigenvalue weighted by Gasteiger charge is 2.29. The molecule has 1 aliphatic heterocycles. The van der Waals surface area contributed by atoms with Gasteiger partial charge in [-0.1, -0.05) is 38.7 Å². The predicted octanol–water partition coefficient (Wildman–Crippen LogP) is 4.95. The van der Waals surface area contributed by atoms with Crippen molar-refractivity contribution in [2.24, 2.45) is 0 Å². The highest BCUT2D eigenvalue weighted by molar-refractivity contribution is 7.85. The lowest BCUT2D eigenvalue weighted by Crippen LogP contribution is -2.34. The summed E-state index contributed by atoms with van der Waals surface area (Å²) in [5.41, 5.74) is 0.772. The number of hydrogen-bond donors (Lipinski definition) is 1. The molecule has 0 aliphatic carbocycles. The number of benzene rings is 1. The summed E-state index contributed by atoms with van der Waals surface area (Å²) < 4.78 is 41.9. The van der Waals surface area contributed by atoms with Crippen LogP contribution in [0.5, 0.6) is 11.5 Å². The summed E-state index contributed by atoms with van der Waals surface area (Å²) in [6, 6.07) is 5.52. The van der Waals surface area contributed by atoms with E-state index < -0.39 is 15.9 Å². The van der Waals surface area contributed by atoms with Gasteiger partial charge < -0.3 is 9.47 Å². The van der Waals surface area contributed by atoms with Crippen molar-refractivity contribution >= 4 is 10.1 Å². The Bertz CT molecular complexity index is 726. The number of fused-ring (bicyclic) bond motifs is 1. The first-order valence-electron chi connectivity index (χ1n) is 9.89. The molecule has 1 unspecified atom stereocenters. The number of hydrogen-bond acceptors (Lipinski definition) is 4. The molecule has 0 fully saturated rings. The summed E-state index contributed by atoms with van der Waals surface area (Å²) in [7, 11) is -4.00. The highest BCUT2D eigenvalue weighted by atomic mass is 32.2. The molecule has 2 rings (SSSR count).